The number of nitrogens with zero attached hydrogens (tertiary/aromatic N) is 1. The zero-order chi connectivity index (χ0) is 25.8. The maximum absolute atomic E-state index is 6.48. The number of hydrogen-bond acceptors (Lipinski definition) is 4. The highest BCUT2D eigenvalue weighted by atomic mass is 32.2. The van der Waals surface area contributed by atoms with Gasteiger partial charge in [-0.1, -0.05) is 129 Å². The predicted molar refractivity (Wildman–Crippen MR) is 168 cm³/mol. The summed E-state index contributed by atoms with van der Waals surface area (Å²) in [7, 11) is 4.29. The van der Waals surface area contributed by atoms with Crippen LogP contribution in [0, 0.1) is 0 Å². The van der Waals surface area contributed by atoms with E-state index in [1.54, 1.807) is 0 Å². The number of likely N-dealkylation sites (N-methyl/N-ethyl adjacent to an activating group) is 1. The lowest BCUT2D eigenvalue weighted by atomic mass is 10.1. The minimum absolute atomic E-state index is 0.313. The summed E-state index contributed by atoms with van der Waals surface area (Å²) in [6.45, 7) is 5.62. The van der Waals surface area contributed by atoms with E-state index in [0.717, 1.165) is 11.8 Å². The van der Waals surface area contributed by atoms with Gasteiger partial charge < -0.3 is 10.6 Å². The van der Waals surface area contributed by atoms with Crippen LogP contribution in [0.1, 0.15) is 149 Å². The molecule has 0 aromatic heterocycles. The first-order chi connectivity index (χ1) is 17.1. The number of nitrogens with two attached hydrogens (primary N) is 1. The predicted octanol–water partition coefficient (Wildman–Crippen LogP) is 9.94. The van der Waals surface area contributed by atoms with Crippen molar-refractivity contribution in [2.75, 3.05) is 37.9 Å². The molecule has 0 spiro atoms. The number of hydrogen-bond donors (Lipinski definition) is 1. The molecule has 0 aromatic rings. The summed E-state index contributed by atoms with van der Waals surface area (Å²) in [6.07, 6.45) is 29.8. The largest absolute Gasteiger partial charge is 0.327 e. The lowest BCUT2D eigenvalue weighted by molar-refractivity contribution is 0.363. The highest BCUT2D eigenvalue weighted by Gasteiger charge is 2.15. The van der Waals surface area contributed by atoms with E-state index >= 15 is 0 Å². The number of thioether (sulfide) groups is 2. The molecule has 0 fully saturated rings. The third-order valence-corrected chi connectivity index (χ3v) is 9.74. The monoisotopic (exact) mass is 530 g/mol. The molecule has 0 saturated heterocycles. The van der Waals surface area contributed by atoms with E-state index in [4.69, 9.17) is 5.73 Å². The van der Waals surface area contributed by atoms with Crippen LogP contribution in [0.4, 0.5) is 0 Å². The van der Waals surface area contributed by atoms with Crippen LogP contribution in [0.3, 0.4) is 0 Å². The van der Waals surface area contributed by atoms with Gasteiger partial charge in [-0.2, -0.15) is 23.5 Å². The first-order valence-electron chi connectivity index (χ1n) is 15.7. The van der Waals surface area contributed by atoms with Crippen molar-refractivity contribution < 1.29 is 0 Å². The SMILES string of the molecule is CCCCCCCCCCCCSCC(CC(N)CN(C)C)SCCCCCCCCCCCC. The van der Waals surface area contributed by atoms with Crippen LogP contribution in [-0.2, 0) is 0 Å². The smallest absolute Gasteiger partial charge is 0.0178 e. The number of unbranched alkanes of at least 4 members (excludes halogenated alkanes) is 18. The van der Waals surface area contributed by atoms with Crippen molar-refractivity contribution in [3.05, 3.63) is 0 Å². The Morgan fingerprint density at radius 2 is 0.971 bits per heavy atom. The second-order valence-electron chi connectivity index (χ2n) is 11.2. The minimum atomic E-state index is 0.313. The molecule has 0 aliphatic carbocycles. The molecule has 0 radical (unpaired) electrons. The van der Waals surface area contributed by atoms with Crippen LogP contribution in [0.2, 0.25) is 0 Å². The highest BCUT2D eigenvalue weighted by Crippen LogP contribution is 2.24. The summed E-state index contributed by atoms with van der Waals surface area (Å²) >= 11 is 4.41. The van der Waals surface area contributed by atoms with E-state index in [1.807, 2.05) is 0 Å². The molecule has 2 nitrogen and oxygen atoms in total. The molecule has 0 bridgehead atoms. The molecule has 0 aromatic carbocycles. The van der Waals surface area contributed by atoms with Gasteiger partial charge in [-0.15, -0.1) is 0 Å². The molecule has 35 heavy (non-hydrogen) atoms. The Hall–Kier alpha value is 0.620. The van der Waals surface area contributed by atoms with Crippen LogP contribution in [0.15, 0.2) is 0 Å². The van der Waals surface area contributed by atoms with Gasteiger partial charge in [0, 0.05) is 23.6 Å². The molecular weight excluding hydrogens is 464 g/mol. The molecule has 212 valence electrons. The minimum Gasteiger partial charge on any atom is -0.327 e. The number of rotatable bonds is 29. The second-order valence-corrected chi connectivity index (χ2v) is 13.7. The summed E-state index contributed by atoms with van der Waals surface area (Å²) < 4.78 is 0. The van der Waals surface area contributed by atoms with Crippen LogP contribution in [-0.4, -0.2) is 54.1 Å². The van der Waals surface area contributed by atoms with E-state index in [9.17, 15) is 0 Å². The standard InChI is InChI=1S/C31H66N2S2/c1-5-7-9-11-13-15-17-19-21-23-25-34-29-31(27-30(32)28-33(3)4)35-26-24-22-20-18-16-14-12-10-8-6-2/h30-31H,5-29,32H2,1-4H3. The summed E-state index contributed by atoms with van der Waals surface area (Å²) in [4.78, 5) is 2.24. The van der Waals surface area contributed by atoms with E-state index < -0.39 is 0 Å². The fourth-order valence-electron chi connectivity index (χ4n) is 4.81. The highest BCUT2D eigenvalue weighted by molar-refractivity contribution is 8.03. The Labute approximate surface area is 231 Å². The molecule has 0 rings (SSSR count). The Morgan fingerprint density at radius 1 is 0.571 bits per heavy atom. The average molecular weight is 531 g/mol. The quantitative estimate of drug-likeness (QED) is 0.0974. The van der Waals surface area contributed by atoms with Gasteiger partial charge in [0.05, 0.1) is 0 Å². The average Bonchev–Trinajstić information content (AvgIpc) is 2.82. The van der Waals surface area contributed by atoms with Gasteiger partial charge in [-0.25, -0.2) is 0 Å². The lowest BCUT2D eigenvalue weighted by Crippen LogP contribution is -2.36. The van der Waals surface area contributed by atoms with Gasteiger partial charge in [0.15, 0.2) is 0 Å². The van der Waals surface area contributed by atoms with Crippen LogP contribution in [0.25, 0.3) is 0 Å². The third kappa shape index (κ3) is 29.0. The Morgan fingerprint density at radius 3 is 1.40 bits per heavy atom. The van der Waals surface area contributed by atoms with Crippen molar-refractivity contribution in [2.24, 2.45) is 5.73 Å². The summed E-state index contributed by atoms with van der Waals surface area (Å²) in [6, 6.07) is 0.313. The fraction of sp³-hybridized carbons (Fsp3) is 1.00. The van der Waals surface area contributed by atoms with Crippen molar-refractivity contribution in [1.29, 1.82) is 0 Å². The fourth-order valence-corrected chi connectivity index (χ4v) is 7.55. The summed E-state index contributed by atoms with van der Waals surface area (Å²) in [5.74, 6) is 3.96. The maximum Gasteiger partial charge on any atom is 0.0178 e. The molecular formula is C31H66N2S2. The molecule has 0 aliphatic rings. The van der Waals surface area contributed by atoms with Gasteiger partial charge in [-0.3, -0.25) is 0 Å². The maximum atomic E-state index is 6.48. The van der Waals surface area contributed by atoms with Crippen molar-refractivity contribution in [1.82, 2.24) is 4.90 Å². The molecule has 2 unspecified atom stereocenters. The lowest BCUT2D eigenvalue weighted by Gasteiger charge is -2.23. The van der Waals surface area contributed by atoms with Crippen LogP contribution >= 0.6 is 23.5 Å². The molecule has 4 heteroatoms. The first-order valence-corrected chi connectivity index (χ1v) is 17.9. The topological polar surface area (TPSA) is 29.3 Å². The van der Waals surface area contributed by atoms with Crippen molar-refractivity contribution in [3.63, 3.8) is 0 Å². The zero-order valence-corrected chi connectivity index (χ0v) is 26.3. The summed E-state index contributed by atoms with van der Waals surface area (Å²) in [5.41, 5.74) is 6.48. The second kappa shape index (κ2) is 29.2. The van der Waals surface area contributed by atoms with Gasteiger partial charge in [0.25, 0.3) is 0 Å². The summed E-state index contributed by atoms with van der Waals surface area (Å²) in [5, 5.41) is 0.733. The molecule has 0 saturated carbocycles. The molecule has 0 amide bonds. The van der Waals surface area contributed by atoms with Crippen molar-refractivity contribution >= 4 is 23.5 Å². The van der Waals surface area contributed by atoms with E-state index in [2.05, 4.69) is 56.4 Å². The van der Waals surface area contributed by atoms with Crippen LogP contribution in [0.5, 0.6) is 0 Å². The van der Waals surface area contributed by atoms with Gasteiger partial charge in [0.1, 0.15) is 0 Å². The van der Waals surface area contributed by atoms with E-state index in [-0.39, 0.29) is 0 Å². The molecule has 0 heterocycles. The van der Waals surface area contributed by atoms with Crippen LogP contribution < -0.4 is 5.73 Å². The van der Waals surface area contributed by atoms with E-state index in [0.29, 0.717) is 6.04 Å². The first kappa shape index (κ1) is 35.6. The third-order valence-electron chi connectivity index (χ3n) is 6.96. The van der Waals surface area contributed by atoms with Crippen molar-refractivity contribution in [2.45, 2.75) is 160 Å². The molecule has 2 N–H and O–H groups in total. The van der Waals surface area contributed by atoms with Crippen molar-refractivity contribution in [3.8, 4) is 0 Å². The van der Waals surface area contributed by atoms with Gasteiger partial charge >= 0.3 is 0 Å². The normalized spacial score (nSPS) is 13.5. The van der Waals surface area contributed by atoms with Gasteiger partial charge in [0.2, 0.25) is 0 Å². The molecule has 0 aliphatic heterocycles. The Kier molecular flexibility index (Phi) is 29.7. The van der Waals surface area contributed by atoms with E-state index in [1.165, 1.54) is 152 Å². The molecule has 2 atom stereocenters. The Balaban J connectivity index is 3.82. The van der Waals surface area contributed by atoms with Gasteiger partial charge in [-0.05, 0) is 44.9 Å². The zero-order valence-electron chi connectivity index (χ0n) is 24.7. The Bertz CT molecular complexity index is 392.